The van der Waals surface area contributed by atoms with Crippen molar-refractivity contribution in [3.05, 3.63) is 35.7 Å². The first-order valence-electron chi connectivity index (χ1n) is 7.34. The van der Waals surface area contributed by atoms with Gasteiger partial charge < -0.3 is 14.7 Å². The van der Waals surface area contributed by atoms with Crippen molar-refractivity contribution in [3.63, 3.8) is 0 Å². The highest BCUT2D eigenvalue weighted by atomic mass is 19.4. The van der Waals surface area contributed by atoms with Crippen molar-refractivity contribution in [2.45, 2.75) is 25.2 Å². The molecule has 1 aliphatic heterocycles. The van der Waals surface area contributed by atoms with Crippen molar-refractivity contribution >= 4 is 0 Å². The molecule has 1 N–H and O–H groups in total. The van der Waals surface area contributed by atoms with Crippen molar-refractivity contribution in [2.75, 3.05) is 20.1 Å². The summed E-state index contributed by atoms with van der Waals surface area (Å²) in [5.41, 5.74) is 1.55. The minimum atomic E-state index is -4.62. The minimum Gasteiger partial charge on any atom is -0.329 e. The average Bonchev–Trinajstić information content (AvgIpc) is 3.14. The number of halogens is 3. The Morgan fingerprint density at radius 3 is 2.61 bits per heavy atom. The maximum atomic E-state index is 12.4. The number of aromatic nitrogens is 2. The van der Waals surface area contributed by atoms with Crippen molar-refractivity contribution < 1.29 is 17.7 Å². The van der Waals surface area contributed by atoms with Gasteiger partial charge in [-0.2, -0.15) is 18.2 Å². The lowest BCUT2D eigenvalue weighted by molar-refractivity contribution is -0.159. The van der Waals surface area contributed by atoms with Gasteiger partial charge in [0, 0.05) is 24.7 Å². The maximum Gasteiger partial charge on any atom is 0.471 e. The van der Waals surface area contributed by atoms with Crippen LogP contribution in [0.2, 0.25) is 0 Å². The van der Waals surface area contributed by atoms with Gasteiger partial charge in [-0.15, -0.1) is 0 Å². The fourth-order valence-corrected chi connectivity index (χ4v) is 2.59. The summed E-state index contributed by atoms with van der Waals surface area (Å²) in [6, 6.07) is 7.58. The standard InChI is InChI=1S/C15H17F3N4O/c1-22-7-6-12(9-22)19-8-10-2-4-11(5-3-10)13-20-14(23-21-13)15(16,17)18/h2-5,12,19H,6-9H2,1H3. The molecule has 3 rings (SSSR count). The van der Waals surface area contributed by atoms with Crippen molar-refractivity contribution in [1.82, 2.24) is 20.4 Å². The molecule has 0 saturated carbocycles. The molecule has 2 aromatic rings. The van der Waals surface area contributed by atoms with Crippen LogP contribution < -0.4 is 5.32 Å². The topological polar surface area (TPSA) is 54.2 Å². The predicted molar refractivity (Wildman–Crippen MR) is 77.5 cm³/mol. The lowest BCUT2D eigenvalue weighted by Crippen LogP contribution is -2.30. The highest BCUT2D eigenvalue weighted by Crippen LogP contribution is 2.29. The summed E-state index contributed by atoms with van der Waals surface area (Å²) in [6.07, 6.45) is -3.50. The zero-order chi connectivity index (χ0) is 16.4. The molecule has 0 radical (unpaired) electrons. The summed E-state index contributed by atoms with van der Waals surface area (Å²) in [5, 5.41) is 6.84. The molecule has 0 spiro atoms. The van der Waals surface area contributed by atoms with Crippen LogP contribution in [0.25, 0.3) is 11.4 Å². The Kier molecular flexibility index (Phi) is 4.36. The van der Waals surface area contributed by atoms with Crippen LogP contribution in [-0.4, -0.2) is 41.2 Å². The zero-order valence-electron chi connectivity index (χ0n) is 12.6. The van der Waals surface area contributed by atoms with Gasteiger partial charge in [0.15, 0.2) is 0 Å². The van der Waals surface area contributed by atoms with E-state index in [-0.39, 0.29) is 5.82 Å². The smallest absolute Gasteiger partial charge is 0.329 e. The second-order valence-corrected chi connectivity index (χ2v) is 5.75. The summed E-state index contributed by atoms with van der Waals surface area (Å²) in [5.74, 6) is -1.39. The monoisotopic (exact) mass is 326 g/mol. The number of benzene rings is 1. The summed E-state index contributed by atoms with van der Waals surface area (Å²) >= 11 is 0. The third kappa shape index (κ3) is 3.89. The molecule has 5 nitrogen and oxygen atoms in total. The van der Waals surface area contributed by atoms with E-state index in [1.54, 1.807) is 12.1 Å². The van der Waals surface area contributed by atoms with Gasteiger partial charge in [-0.05, 0) is 25.6 Å². The van der Waals surface area contributed by atoms with Gasteiger partial charge >= 0.3 is 12.1 Å². The van der Waals surface area contributed by atoms with E-state index in [2.05, 4.69) is 31.9 Å². The first-order valence-corrected chi connectivity index (χ1v) is 7.34. The van der Waals surface area contributed by atoms with Gasteiger partial charge in [0.25, 0.3) is 0 Å². The van der Waals surface area contributed by atoms with Gasteiger partial charge in [0.1, 0.15) is 0 Å². The van der Waals surface area contributed by atoms with E-state index in [1.807, 2.05) is 12.1 Å². The molecule has 2 heterocycles. The number of nitrogens with zero attached hydrogens (tertiary/aromatic N) is 3. The number of nitrogens with one attached hydrogen (secondary N) is 1. The third-order valence-electron chi connectivity index (χ3n) is 3.87. The number of alkyl halides is 3. The average molecular weight is 326 g/mol. The lowest BCUT2D eigenvalue weighted by atomic mass is 10.1. The van der Waals surface area contributed by atoms with E-state index in [9.17, 15) is 13.2 Å². The Morgan fingerprint density at radius 2 is 2.04 bits per heavy atom. The first-order chi connectivity index (χ1) is 10.9. The van der Waals surface area contributed by atoms with Gasteiger partial charge in [-0.1, -0.05) is 29.4 Å². The molecule has 1 aromatic carbocycles. The van der Waals surface area contributed by atoms with Gasteiger partial charge in [0.05, 0.1) is 0 Å². The van der Waals surface area contributed by atoms with Crippen LogP contribution >= 0.6 is 0 Å². The molecule has 8 heteroatoms. The molecular weight excluding hydrogens is 309 g/mol. The molecule has 1 saturated heterocycles. The number of hydrogen-bond acceptors (Lipinski definition) is 5. The normalized spacial score (nSPS) is 19.4. The predicted octanol–water partition coefficient (Wildman–Crippen LogP) is 2.55. The molecule has 124 valence electrons. The Balaban J connectivity index is 1.61. The van der Waals surface area contributed by atoms with Crippen LogP contribution in [0.3, 0.4) is 0 Å². The zero-order valence-corrected chi connectivity index (χ0v) is 12.6. The third-order valence-corrected chi connectivity index (χ3v) is 3.87. The number of rotatable bonds is 4. The molecule has 1 aromatic heterocycles. The van der Waals surface area contributed by atoms with E-state index in [0.29, 0.717) is 11.6 Å². The van der Waals surface area contributed by atoms with E-state index >= 15 is 0 Å². The highest BCUT2D eigenvalue weighted by molar-refractivity contribution is 5.54. The first kappa shape index (κ1) is 15.9. The lowest BCUT2D eigenvalue weighted by Gasteiger charge is -2.12. The summed E-state index contributed by atoms with van der Waals surface area (Å²) in [4.78, 5) is 5.65. The number of likely N-dealkylation sites (N-methyl/N-ethyl adjacent to an activating group) is 1. The minimum absolute atomic E-state index is 0.0609. The van der Waals surface area contributed by atoms with Gasteiger partial charge in [-0.3, -0.25) is 0 Å². The molecule has 1 unspecified atom stereocenters. The number of hydrogen-bond donors (Lipinski definition) is 1. The highest BCUT2D eigenvalue weighted by Gasteiger charge is 2.38. The van der Waals surface area contributed by atoms with Gasteiger partial charge in [0.2, 0.25) is 5.82 Å². The molecule has 0 amide bonds. The van der Waals surface area contributed by atoms with Crippen molar-refractivity contribution in [1.29, 1.82) is 0 Å². The van der Waals surface area contributed by atoms with Crippen LogP contribution in [0.4, 0.5) is 13.2 Å². The largest absolute Gasteiger partial charge is 0.471 e. The Morgan fingerprint density at radius 1 is 1.30 bits per heavy atom. The summed E-state index contributed by atoms with van der Waals surface area (Å²) in [7, 11) is 2.09. The van der Waals surface area contributed by atoms with E-state index in [0.717, 1.165) is 31.6 Å². The molecular formula is C15H17F3N4O. The van der Waals surface area contributed by atoms with E-state index in [1.165, 1.54) is 0 Å². The maximum absolute atomic E-state index is 12.4. The summed E-state index contributed by atoms with van der Waals surface area (Å²) in [6.45, 7) is 2.84. The quantitative estimate of drug-likeness (QED) is 0.936. The van der Waals surface area contributed by atoms with Crippen molar-refractivity contribution in [2.24, 2.45) is 0 Å². The Hall–Kier alpha value is -1.93. The summed E-state index contributed by atoms with van der Waals surface area (Å²) < 4.78 is 41.6. The Bertz CT molecular complexity index is 653. The van der Waals surface area contributed by atoms with Crippen LogP contribution in [0.15, 0.2) is 28.8 Å². The fraction of sp³-hybridized carbons (Fsp3) is 0.467. The van der Waals surface area contributed by atoms with E-state index in [4.69, 9.17) is 0 Å². The molecule has 0 aliphatic carbocycles. The molecule has 1 fully saturated rings. The van der Waals surface area contributed by atoms with Gasteiger partial charge in [-0.25, -0.2) is 0 Å². The van der Waals surface area contributed by atoms with Crippen LogP contribution in [0.1, 0.15) is 17.9 Å². The second-order valence-electron chi connectivity index (χ2n) is 5.75. The van der Waals surface area contributed by atoms with Crippen LogP contribution in [0.5, 0.6) is 0 Å². The van der Waals surface area contributed by atoms with Crippen LogP contribution in [-0.2, 0) is 12.7 Å². The Labute approximate surface area is 131 Å². The van der Waals surface area contributed by atoms with E-state index < -0.39 is 12.1 Å². The molecule has 1 aliphatic rings. The fourth-order valence-electron chi connectivity index (χ4n) is 2.59. The molecule has 1 atom stereocenters. The second kappa shape index (κ2) is 6.29. The molecule has 0 bridgehead atoms. The SMILES string of the molecule is CN1CCC(NCc2ccc(-c3noc(C(F)(F)F)n3)cc2)C1. The van der Waals surface area contributed by atoms with Crippen LogP contribution in [0, 0.1) is 0 Å². The number of likely N-dealkylation sites (tertiary alicyclic amines) is 1. The van der Waals surface area contributed by atoms with Crippen molar-refractivity contribution in [3.8, 4) is 11.4 Å². The molecule has 23 heavy (non-hydrogen) atoms.